The second-order valence-electron chi connectivity index (χ2n) is 4.96. The SMILES string of the molecule is O=C(C1CC1)N1CCN(Cc2ccco2)CC1. The average Bonchev–Trinajstić information content (AvgIpc) is 3.09. The van der Waals surface area contributed by atoms with Crippen molar-refractivity contribution < 1.29 is 9.21 Å². The second kappa shape index (κ2) is 4.53. The molecular weight excluding hydrogens is 216 g/mol. The fourth-order valence-electron chi connectivity index (χ4n) is 2.34. The molecule has 1 saturated carbocycles. The van der Waals surface area contributed by atoms with Crippen LogP contribution in [-0.2, 0) is 11.3 Å². The van der Waals surface area contributed by atoms with E-state index < -0.39 is 0 Å². The minimum atomic E-state index is 0.353. The van der Waals surface area contributed by atoms with Gasteiger partial charge in [-0.05, 0) is 25.0 Å². The maximum Gasteiger partial charge on any atom is 0.225 e. The minimum absolute atomic E-state index is 0.353. The van der Waals surface area contributed by atoms with Gasteiger partial charge in [-0.15, -0.1) is 0 Å². The maximum atomic E-state index is 11.9. The van der Waals surface area contributed by atoms with Crippen LogP contribution in [-0.4, -0.2) is 41.9 Å². The van der Waals surface area contributed by atoms with E-state index in [2.05, 4.69) is 4.90 Å². The van der Waals surface area contributed by atoms with Gasteiger partial charge in [-0.1, -0.05) is 0 Å². The first-order valence-electron chi connectivity index (χ1n) is 6.36. The van der Waals surface area contributed by atoms with Gasteiger partial charge in [0.1, 0.15) is 5.76 Å². The summed E-state index contributed by atoms with van der Waals surface area (Å²) < 4.78 is 5.34. The summed E-state index contributed by atoms with van der Waals surface area (Å²) in [6.07, 6.45) is 3.92. The van der Waals surface area contributed by atoms with Gasteiger partial charge in [0.05, 0.1) is 12.8 Å². The predicted octanol–water partition coefficient (Wildman–Crippen LogP) is 1.33. The first-order chi connectivity index (χ1) is 8.33. The van der Waals surface area contributed by atoms with Crippen molar-refractivity contribution in [1.29, 1.82) is 0 Å². The monoisotopic (exact) mass is 234 g/mol. The molecule has 17 heavy (non-hydrogen) atoms. The maximum absolute atomic E-state index is 11.9. The number of furan rings is 1. The summed E-state index contributed by atoms with van der Waals surface area (Å²) in [5, 5.41) is 0. The molecule has 1 aliphatic heterocycles. The minimum Gasteiger partial charge on any atom is -0.468 e. The van der Waals surface area contributed by atoms with Crippen molar-refractivity contribution in [3.8, 4) is 0 Å². The highest BCUT2D eigenvalue weighted by atomic mass is 16.3. The quantitative estimate of drug-likeness (QED) is 0.791. The molecule has 1 saturated heterocycles. The number of carbonyl (C=O) groups excluding carboxylic acids is 1. The Balaban J connectivity index is 1.48. The van der Waals surface area contributed by atoms with E-state index in [1.54, 1.807) is 6.26 Å². The molecule has 1 aromatic rings. The molecule has 4 heteroatoms. The van der Waals surface area contributed by atoms with Crippen molar-refractivity contribution in [1.82, 2.24) is 9.80 Å². The third-order valence-corrected chi connectivity index (χ3v) is 3.57. The molecule has 2 fully saturated rings. The van der Waals surface area contributed by atoms with E-state index in [-0.39, 0.29) is 0 Å². The number of hydrogen-bond donors (Lipinski definition) is 0. The zero-order valence-electron chi connectivity index (χ0n) is 9.97. The van der Waals surface area contributed by atoms with Gasteiger partial charge in [0, 0.05) is 32.1 Å². The van der Waals surface area contributed by atoms with Crippen LogP contribution < -0.4 is 0 Å². The second-order valence-corrected chi connectivity index (χ2v) is 4.96. The molecular formula is C13H18N2O2. The van der Waals surface area contributed by atoms with Gasteiger partial charge in [0.2, 0.25) is 5.91 Å². The molecule has 0 spiro atoms. The highest BCUT2D eigenvalue weighted by Crippen LogP contribution is 2.31. The molecule has 0 N–H and O–H groups in total. The molecule has 92 valence electrons. The van der Waals surface area contributed by atoms with E-state index in [4.69, 9.17) is 4.42 Å². The number of amides is 1. The molecule has 0 atom stereocenters. The van der Waals surface area contributed by atoms with E-state index in [0.29, 0.717) is 11.8 Å². The molecule has 0 unspecified atom stereocenters. The Morgan fingerprint density at radius 3 is 2.65 bits per heavy atom. The lowest BCUT2D eigenvalue weighted by Gasteiger charge is -2.34. The molecule has 2 heterocycles. The molecule has 0 aromatic carbocycles. The van der Waals surface area contributed by atoms with Crippen LogP contribution in [0.1, 0.15) is 18.6 Å². The summed E-state index contributed by atoms with van der Waals surface area (Å²) in [5.74, 6) is 1.74. The van der Waals surface area contributed by atoms with Crippen molar-refractivity contribution >= 4 is 5.91 Å². The molecule has 1 amide bonds. The summed E-state index contributed by atoms with van der Waals surface area (Å²) in [5.41, 5.74) is 0. The van der Waals surface area contributed by atoms with E-state index in [9.17, 15) is 4.79 Å². The van der Waals surface area contributed by atoms with Gasteiger partial charge < -0.3 is 9.32 Å². The Hall–Kier alpha value is -1.29. The van der Waals surface area contributed by atoms with E-state index in [1.165, 1.54) is 0 Å². The van der Waals surface area contributed by atoms with Crippen LogP contribution in [0, 0.1) is 5.92 Å². The number of nitrogens with zero attached hydrogens (tertiary/aromatic N) is 2. The fraction of sp³-hybridized carbons (Fsp3) is 0.615. The van der Waals surface area contributed by atoms with Crippen molar-refractivity contribution in [3.05, 3.63) is 24.2 Å². The third kappa shape index (κ3) is 2.52. The van der Waals surface area contributed by atoms with Crippen molar-refractivity contribution in [3.63, 3.8) is 0 Å². The highest BCUT2D eigenvalue weighted by molar-refractivity contribution is 5.81. The normalized spacial score (nSPS) is 21.8. The zero-order valence-corrected chi connectivity index (χ0v) is 9.97. The Morgan fingerprint density at radius 2 is 2.06 bits per heavy atom. The lowest BCUT2D eigenvalue weighted by Crippen LogP contribution is -2.48. The summed E-state index contributed by atoms with van der Waals surface area (Å²) in [4.78, 5) is 16.2. The van der Waals surface area contributed by atoms with E-state index in [1.807, 2.05) is 17.0 Å². The molecule has 4 nitrogen and oxygen atoms in total. The summed E-state index contributed by atoms with van der Waals surface area (Å²) in [7, 11) is 0. The molecule has 1 aliphatic carbocycles. The first-order valence-corrected chi connectivity index (χ1v) is 6.36. The van der Waals surface area contributed by atoms with Gasteiger partial charge in [-0.3, -0.25) is 9.69 Å². The molecule has 1 aromatic heterocycles. The van der Waals surface area contributed by atoms with Gasteiger partial charge in [0.25, 0.3) is 0 Å². The molecule has 0 bridgehead atoms. The van der Waals surface area contributed by atoms with Crippen LogP contribution in [0.3, 0.4) is 0 Å². The number of carbonyl (C=O) groups is 1. The van der Waals surface area contributed by atoms with Crippen LogP contribution in [0.5, 0.6) is 0 Å². The third-order valence-electron chi connectivity index (χ3n) is 3.57. The average molecular weight is 234 g/mol. The summed E-state index contributed by atoms with van der Waals surface area (Å²) >= 11 is 0. The standard InChI is InChI=1S/C13H18N2O2/c16-13(11-3-4-11)15-7-5-14(6-8-15)10-12-2-1-9-17-12/h1-2,9,11H,3-8,10H2. The van der Waals surface area contributed by atoms with Crippen LogP contribution in [0.2, 0.25) is 0 Å². The summed E-state index contributed by atoms with van der Waals surface area (Å²) in [6, 6.07) is 3.92. The Bertz CT molecular complexity index is 376. The van der Waals surface area contributed by atoms with Crippen LogP contribution in [0.15, 0.2) is 22.8 Å². The van der Waals surface area contributed by atoms with Gasteiger partial charge in [-0.25, -0.2) is 0 Å². The van der Waals surface area contributed by atoms with E-state index in [0.717, 1.165) is 51.3 Å². The predicted molar refractivity (Wildman–Crippen MR) is 63.3 cm³/mol. The topological polar surface area (TPSA) is 36.7 Å². The lowest BCUT2D eigenvalue weighted by molar-refractivity contribution is -0.134. The zero-order chi connectivity index (χ0) is 11.7. The summed E-state index contributed by atoms with van der Waals surface area (Å²) in [6.45, 7) is 4.52. The number of rotatable bonds is 3. The Kier molecular flexibility index (Phi) is 2.89. The van der Waals surface area contributed by atoms with Gasteiger partial charge in [-0.2, -0.15) is 0 Å². The van der Waals surface area contributed by atoms with Crippen molar-refractivity contribution in [2.75, 3.05) is 26.2 Å². The highest BCUT2D eigenvalue weighted by Gasteiger charge is 2.34. The molecule has 3 rings (SSSR count). The number of hydrogen-bond acceptors (Lipinski definition) is 3. The van der Waals surface area contributed by atoms with Crippen molar-refractivity contribution in [2.45, 2.75) is 19.4 Å². The van der Waals surface area contributed by atoms with Crippen LogP contribution in [0.25, 0.3) is 0 Å². The van der Waals surface area contributed by atoms with Gasteiger partial charge >= 0.3 is 0 Å². The molecule has 0 radical (unpaired) electrons. The van der Waals surface area contributed by atoms with Crippen LogP contribution >= 0.6 is 0 Å². The van der Waals surface area contributed by atoms with Gasteiger partial charge in [0.15, 0.2) is 0 Å². The smallest absolute Gasteiger partial charge is 0.225 e. The first kappa shape index (κ1) is 10.8. The Morgan fingerprint density at radius 1 is 1.29 bits per heavy atom. The number of piperazine rings is 1. The largest absolute Gasteiger partial charge is 0.468 e. The molecule has 2 aliphatic rings. The lowest BCUT2D eigenvalue weighted by atomic mass is 10.2. The van der Waals surface area contributed by atoms with Crippen molar-refractivity contribution in [2.24, 2.45) is 5.92 Å². The Labute approximate surface area is 101 Å². The van der Waals surface area contributed by atoms with E-state index >= 15 is 0 Å². The fourth-order valence-corrected chi connectivity index (χ4v) is 2.34. The van der Waals surface area contributed by atoms with Crippen LogP contribution in [0.4, 0.5) is 0 Å².